The number of aromatic nitrogens is 5. The van der Waals surface area contributed by atoms with Crippen LogP contribution in [-0.2, 0) is 26.6 Å². The van der Waals surface area contributed by atoms with Gasteiger partial charge in [-0.3, -0.25) is 0 Å². The molecule has 4 rings (SSSR count). The van der Waals surface area contributed by atoms with E-state index in [9.17, 15) is 0 Å². The molecule has 0 atom stereocenters. The number of guanidine groups is 1. The molecule has 0 aliphatic carbocycles. The first kappa shape index (κ1) is 20.7. The van der Waals surface area contributed by atoms with E-state index in [4.69, 9.17) is 4.99 Å². The molecule has 0 aromatic carbocycles. The second-order valence-electron chi connectivity index (χ2n) is 7.12. The minimum Gasteiger partial charge on any atom is -0.351 e. The van der Waals surface area contributed by atoms with E-state index in [1.54, 1.807) is 11.3 Å². The summed E-state index contributed by atoms with van der Waals surface area (Å²) in [7, 11) is 1.98. The van der Waals surface area contributed by atoms with Gasteiger partial charge in [0.2, 0.25) is 5.13 Å². The Morgan fingerprint density at radius 2 is 2.07 bits per heavy atom. The van der Waals surface area contributed by atoms with E-state index in [0.29, 0.717) is 6.54 Å². The van der Waals surface area contributed by atoms with Crippen molar-refractivity contribution in [1.82, 2.24) is 34.3 Å². The number of nitrogens with one attached hydrogen (secondary N) is 1. The van der Waals surface area contributed by atoms with Crippen LogP contribution in [-0.4, -0.2) is 61.2 Å². The maximum Gasteiger partial charge on any atom is 0.205 e. The third-order valence-corrected chi connectivity index (χ3v) is 6.87. The Balaban J connectivity index is 1.43. The molecule has 11 heteroatoms. The number of thiophene rings is 1. The van der Waals surface area contributed by atoms with Gasteiger partial charge in [-0.05, 0) is 18.4 Å². The lowest BCUT2D eigenvalue weighted by Gasteiger charge is -2.36. The van der Waals surface area contributed by atoms with Crippen LogP contribution in [0.1, 0.15) is 29.3 Å². The van der Waals surface area contributed by atoms with Crippen LogP contribution in [0.15, 0.2) is 22.5 Å². The van der Waals surface area contributed by atoms with Crippen LogP contribution in [0.5, 0.6) is 0 Å². The zero-order chi connectivity index (χ0) is 20.9. The van der Waals surface area contributed by atoms with Crippen LogP contribution in [0, 0.1) is 6.92 Å². The molecular formula is C19H27N9S2. The average molecular weight is 446 g/mol. The lowest BCUT2D eigenvalue weighted by atomic mass is 10.3. The minimum absolute atomic E-state index is 0.501. The summed E-state index contributed by atoms with van der Waals surface area (Å²) < 4.78 is 6.41. The summed E-state index contributed by atoms with van der Waals surface area (Å²) in [6, 6.07) is 4.21. The summed E-state index contributed by atoms with van der Waals surface area (Å²) in [4.78, 5) is 15.4. The highest BCUT2D eigenvalue weighted by Gasteiger charge is 2.22. The Kier molecular flexibility index (Phi) is 6.58. The summed E-state index contributed by atoms with van der Waals surface area (Å²) >= 11 is 3.24. The average Bonchev–Trinajstić information content (AvgIpc) is 3.52. The molecule has 0 radical (unpaired) electrons. The van der Waals surface area contributed by atoms with Crippen molar-refractivity contribution in [3.05, 3.63) is 39.9 Å². The van der Waals surface area contributed by atoms with Crippen LogP contribution < -0.4 is 10.2 Å². The fourth-order valence-electron chi connectivity index (χ4n) is 3.21. The van der Waals surface area contributed by atoms with Gasteiger partial charge in [-0.1, -0.05) is 13.0 Å². The summed E-state index contributed by atoms with van der Waals surface area (Å²) in [6.45, 7) is 8.88. The van der Waals surface area contributed by atoms with E-state index in [0.717, 1.165) is 67.7 Å². The molecule has 0 bridgehead atoms. The lowest BCUT2D eigenvalue weighted by molar-refractivity contribution is 0.371. The molecule has 1 saturated heterocycles. The van der Waals surface area contributed by atoms with Gasteiger partial charge in [0.1, 0.15) is 18.2 Å². The predicted molar refractivity (Wildman–Crippen MR) is 121 cm³/mol. The monoisotopic (exact) mass is 445 g/mol. The zero-order valence-corrected chi connectivity index (χ0v) is 19.2. The van der Waals surface area contributed by atoms with Gasteiger partial charge in [-0.25, -0.2) is 9.98 Å². The molecule has 9 nitrogen and oxygen atoms in total. The molecule has 30 heavy (non-hydrogen) atoms. The molecule has 1 N–H and O–H groups in total. The number of piperazine rings is 1. The first-order valence-electron chi connectivity index (χ1n) is 10.1. The number of nitrogens with zero attached hydrogens (tertiary/aromatic N) is 8. The van der Waals surface area contributed by atoms with Gasteiger partial charge in [0.25, 0.3) is 0 Å². The third-order valence-electron chi connectivity index (χ3n) is 5.18. The Hall–Kier alpha value is -2.53. The molecule has 0 amide bonds. The number of hydrogen-bond acceptors (Lipinski definition) is 8. The van der Waals surface area contributed by atoms with Crippen LogP contribution in [0.2, 0.25) is 0 Å². The standard InChI is InChI=1S/C19H27N9S2/c1-4-16-22-19(30-25-16)28-9-7-27(8-10-28)18(20-12-15-6-5-11-29-15)21-13-17-24-23-14(2)26(17)3/h5-6,11H,4,7-10,12-13H2,1-3H3,(H,20,21). The lowest BCUT2D eigenvalue weighted by Crippen LogP contribution is -2.52. The maximum atomic E-state index is 4.88. The number of hydrogen-bond donors (Lipinski definition) is 1. The number of aryl methyl sites for hydroxylation is 2. The van der Waals surface area contributed by atoms with Gasteiger partial charge in [-0.15, -0.1) is 21.5 Å². The van der Waals surface area contributed by atoms with Crippen LogP contribution in [0.4, 0.5) is 5.13 Å². The molecular weight excluding hydrogens is 418 g/mol. The molecule has 3 aromatic heterocycles. The Morgan fingerprint density at radius 1 is 1.23 bits per heavy atom. The quantitative estimate of drug-likeness (QED) is 0.459. The molecule has 160 valence electrons. The van der Waals surface area contributed by atoms with Crippen molar-refractivity contribution in [1.29, 1.82) is 0 Å². The van der Waals surface area contributed by atoms with Crippen molar-refractivity contribution in [3.63, 3.8) is 0 Å². The van der Waals surface area contributed by atoms with Crippen molar-refractivity contribution in [2.24, 2.45) is 12.0 Å². The van der Waals surface area contributed by atoms with Gasteiger partial charge in [-0.2, -0.15) is 4.37 Å². The zero-order valence-electron chi connectivity index (χ0n) is 17.6. The van der Waals surface area contributed by atoms with Crippen LogP contribution >= 0.6 is 22.9 Å². The van der Waals surface area contributed by atoms with E-state index in [1.807, 2.05) is 18.5 Å². The van der Waals surface area contributed by atoms with Gasteiger partial charge in [0.05, 0.1) is 6.54 Å². The van der Waals surface area contributed by atoms with Crippen molar-refractivity contribution >= 4 is 34.0 Å². The van der Waals surface area contributed by atoms with Gasteiger partial charge in [0.15, 0.2) is 11.8 Å². The Labute approximate surface area is 184 Å². The van der Waals surface area contributed by atoms with Crippen LogP contribution in [0.3, 0.4) is 0 Å². The number of aliphatic imine (C=N–C) groups is 1. The van der Waals surface area contributed by atoms with E-state index < -0.39 is 0 Å². The summed E-state index contributed by atoms with van der Waals surface area (Å²) in [6.07, 6.45) is 0.876. The van der Waals surface area contributed by atoms with Crippen molar-refractivity contribution in [3.8, 4) is 0 Å². The maximum absolute atomic E-state index is 4.88. The van der Waals surface area contributed by atoms with E-state index in [-0.39, 0.29) is 0 Å². The smallest absolute Gasteiger partial charge is 0.205 e. The van der Waals surface area contributed by atoms with Crippen molar-refractivity contribution < 1.29 is 0 Å². The first-order chi connectivity index (χ1) is 14.6. The predicted octanol–water partition coefficient (Wildman–Crippen LogP) is 2.07. The topological polar surface area (TPSA) is 87.4 Å². The fraction of sp³-hybridized carbons (Fsp3) is 0.526. The van der Waals surface area contributed by atoms with E-state index in [1.165, 1.54) is 16.4 Å². The Bertz CT molecular complexity index is 968. The molecule has 3 aromatic rings. The summed E-state index contributed by atoms with van der Waals surface area (Å²) in [5.74, 6) is 3.60. The molecule has 1 aliphatic rings. The van der Waals surface area contributed by atoms with E-state index >= 15 is 0 Å². The normalized spacial score (nSPS) is 15.1. The van der Waals surface area contributed by atoms with Gasteiger partial charge in [0, 0.05) is 56.1 Å². The second kappa shape index (κ2) is 9.52. The largest absolute Gasteiger partial charge is 0.351 e. The SMILES string of the molecule is CCc1nsc(N2CCN(C(=NCc3nnc(C)n3C)NCc3cccs3)CC2)n1. The van der Waals surface area contributed by atoms with Crippen LogP contribution in [0.25, 0.3) is 0 Å². The van der Waals surface area contributed by atoms with Gasteiger partial charge >= 0.3 is 0 Å². The fourth-order valence-corrected chi connectivity index (χ4v) is 4.65. The highest BCUT2D eigenvalue weighted by Crippen LogP contribution is 2.19. The second-order valence-corrected chi connectivity index (χ2v) is 8.88. The van der Waals surface area contributed by atoms with E-state index in [2.05, 4.69) is 59.1 Å². The molecule has 0 saturated carbocycles. The summed E-state index contributed by atoms with van der Waals surface area (Å²) in [5, 5.41) is 15.0. The molecule has 1 fully saturated rings. The minimum atomic E-state index is 0.501. The first-order valence-corrected chi connectivity index (χ1v) is 11.8. The van der Waals surface area contributed by atoms with Crippen molar-refractivity contribution in [2.45, 2.75) is 33.4 Å². The molecule has 0 spiro atoms. The Morgan fingerprint density at radius 3 is 2.70 bits per heavy atom. The highest BCUT2D eigenvalue weighted by molar-refractivity contribution is 7.10. The highest BCUT2D eigenvalue weighted by atomic mass is 32.1. The molecule has 4 heterocycles. The summed E-state index contributed by atoms with van der Waals surface area (Å²) in [5.41, 5.74) is 0. The third kappa shape index (κ3) is 4.78. The molecule has 1 aliphatic heterocycles. The van der Waals surface area contributed by atoms with Gasteiger partial charge < -0.3 is 19.7 Å². The number of rotatable bonds is 6. The van der Waals surface area contributed by atoms with Crippen molar-refractivity contribution in [2.75, 3.05) is 31.1 Å². The number of anilines is 1. The molecule has 0 unspecified atom stereocenters.